The van der Waals surface area contributed by atoms with E-state index in [1.165, 1.54) is 0 Å². The van der Waals surface area contributed by atoms with E-state index < -0.39 is 5.97 Å². The predicted octanol–water partition coefficient (Wildman–Crippen LogP) is 2.59. The highest BCUT2D eigenvalue weighted by molar-refractivity contribution is 5.88. The van der Waals surface area contributed by atoms with Gasteiger partial charge in [0.25, 0.3) is 0 Å². The van der Waals surface area contributed by atoms with Gasteiger partial charge in [-0.25, -0.2) is 4.79 Å². The van der Waals surface area contributed by atoms with Gasteiger partial charge in [0, 0.05) is 17.8 Å². The third kappa shape index (κ3) is 1.64. The zero-order chi connectivity index (χ0) is 12.5. The van der Waals surface area contributed by atoms with Gasteiger partial charge >= 0.3 is 5.97 Å². The molecule has 0 bridgehead atoms. The molecule has 1 aromatic carbocycles. The largest absolute Gasteiger partial charge is 0.478 e. The van der Waals surface area contributed by atoms with Crippen LogP contribution in [-0.2, 0) is 4.79 Å². The first-order valence-electron chi connectivity index (χ1n) is 5.51. The first kappa shape index (κ1) is 10.5. The summed E-state index contributed by atoms with van der Waals surface area (Å²) in [5, 5.41) is 8.65. The van der Waals surface area contributed by atoms with Gasteiger partial charge < -0.3 is 9.51 Å². The van der Waals surface area contributed by atoms with Crippen molar-refractivity contribution in [2.45, 2.75) is 0 Å². The Kier molecular flexibility index (Phi) is 2.34. The van der Waals surface area contributed by atoms with Crippen LogP contribution in [0.5, 0.6) is 0 Å². The number of carbonyl (C=O) groups is 1. The molecule has 3 aromatic rings. The van der Waals surface area contributed by atoms with E-state index in [1.807, 2.05) is 40.9 Å². The van der Waals surface area contributed by atoms with Crippen LogP contribution < -0.4 is 0 Å². The number of rotatable bonds is 2. The molecule has 0 unspecified atom stereocenters. The molecule has 2 aromatic heterocycles. The summed E-state index contributed by atoms with van der Waals surface area (Å²) in [6.07, 6.45) is 6.38. The molecule has 4 nitrogen and oxygen atoms in total. The molecule has 0 atom stereocenters. The summed E-state index contributed by atoms with van der Waals surface area (Å²) in [6.45, 7) is 0. The minimum atomic E-state index is -0.955. The van der Waals surface area contributed by atoms with E-state index in [-0.39, 0.29) is 0 Å². The molecule has 0 radical (unpaired) electrons. The minimum Gasteiger partial charge on any atom is -0.478 e. The maximum atomic E-state index is 10.5. The van der Waals surface area contributed by atoms with Crippen LogP contribution in [0, 0.1) is 0 Å². The van der Waals surface area contributed by atoms with Crippen molar-refractivity contribution in [3.05, 3.63) is 54.4 Å². The summed E-state index contributed by atoms with van der Waals surface area (Å²) in [5.41, 5.74) is 3.65. The Balaban J connectivity index is 2.26. The number of carboxylic acid groups (broad SMARTS) is 1. The lowest BCUT2D eigenvalue weighted by atomic mass is 10.2. The molecule has 2 heterocycles. The highest BCUT2D eigenvalue weighted by Gasteiger charge is 2.04. The molecule has 0 saturated carbocycles. The van der Waals surface area contributed by atoms with Crippen LogP contribution >= 0.6 is 0 Å². The topological polar surface area (TPSA) is 54.6 Å². The van der Waals surface area contributed by atoms with Crippen molar-refractivity contribution in [1.29, 1.82) is 0 Å². The number of benzene rings is 1. The molecule has 0 aliphatic carbocycles. The average Bonchev–Trinajstić information content (AvgIpc) is 2.80. The Morgan fingerprint density at radius 3 is 2.89 bits per heavy atom. The van der Waals surface area contributed by atoms with Crippen LogP contribution in [0.25, 0.3) is 22.6 Å². The fourth-order valence-corrected chi connectivity index (χ4v) is 2.02. The van der Waals surface area contributed by atoms with Gasteiger partial charge in [-0.15, -0.1) is 0 Å². The maximum Gasteiger partial charge on any atom is 0.328 e. The first-order valence-corrected chi connectivity index (χ1v) is 5.51. The number of carboxylic acids is 1. The lowest BCUT2D eigenvalue weighted by Crippen LogP contribution is -1.89. The van der Waals surface area contributed by atoms with Gasteiger partial charge in [-0.2, -0.15) is 0 Å². The van der Waals surface area contributed by atoms with Crippen molar-refractivity contribution in [3.8, 4) is 0 Å². The van der Waals surface area contributed by atoms with Gasteiger partial charge in [0.15, 0.2) is 0 Å². The van der Waals surface area contributed by atoms with Gasteiger partial charge in [0.1, 0.15) is 0 Å². The summed E-state index contributed by atoms with van der Waals surface area (Å²) in [7, 11) is 0. The second-order valence-electron chi connectivity index (χ2n) is 3.94. The Bertz CT molecular complexity index is 772. The van der Waals surface area contributed by atoms with Crippen LogP contribution in [0.3, 0.4) is 0 Å². The van der Waals surface area contributed by atoms with E-state index in [0.717, 1.165) is 28.2 Å². The maximum absolute atomic E-state index is 10.5. The summed E-state index contributed by atoms with van der Waals surface area (Å²) < 4.78 is 2.00. The van der Waals surface area contributed by atoms with E-state index in [9.17, 15) is 4.79 Å². The molecule has 0 aliphatic heterocycles. The summed E-state index contributed by atoms with van der Waals surface area (Å²) in [6, 6.07) is 9.70. The van der Waals surface area contributed by atoms with Crippen molar-refractivity contribution in [3.63, 3.8) is 0 Å². The quantitative estimate of drug-likeness (QED) is 0.698. The molecule has 0 fully saturated rings. The Labute approximate surface area is 103 Å². The number of aromatic nitrogens is 2. The van der Waals surface area contributed by atoms with Crippen LogP contribution in [0.1, 0.15) is 5.56 Å². The second-order valence-corrected chi connectivity index (χ2v) is 3.94. The Morgan fingerprint density at radius 2 is 2.06 bits per heavy atom. The van der Waals surface area contributed by atoms with Gasteiger partial charge in [-0.3, -0.25) is 4.98 Å². The van der Waals surface area contributed by atoms with Gasteiger partial charge in [-0.05, 0) is 24.3 Å². The number of para-hydroxylation sites is 2. The van der Waals surface area contributed by atoms with Crippen molar-refractivity contribution in [1.82, 2.24) is 9.38 Å². The fourth-order valence-electron chi connectivity index (χ4n) is 2.02. The third-order valence-electron chi connectivity index (χ3n) is 2.83. The smallest absolute Gasteiger partial charge is 0.328 e. The first-order chi connectivity index (χ1) is 8.75. The number of hydrogen-bond acceptors (Lipinski definition) is 2. The molecule has 88 valence electrons. The zero-order valence-electron chi connectivity index (χ0n) is 9.45. The molecule has 1 N–H and O–H groups in total. The van der Waals surface area contributed by atoms with Crippen molar-refractivity contribution in [2.75, 3.05) is 0 Å². The minimum absolute atomic E-state index is 0.843. The van der Waals surface area contributed by atoms with Crippen LogP contribution in [0.4, 0.5) is 0 Å². The van der Waals surface area contributed by atoms with Crippen molar-refractivity contribution < 1.29 is 9.90 Å². The molecule has 3 rings (SSSR count). The molecule has 0 aliphatic rings. The third-order valence-corrected chi connectivity index (χ3v) is 2.83. The highest BCUT2D eigenvalue weighted by atomic mass is 16.4. The lowest BCUT2D eigenvalue weighted by molar-refractivity contribution is -0.131. The molecule has 0 spiro atoms. The molecular weight excluding hydrogens is 228 g/mol. The van der Waals surface area contributed by atoms with Gasteiger partial charge in [-0.1, -0.05) is 12.1 Å². The highest BCUT2D eigenvalue weighted by Crippen LogP contribution is 2.19. The fraction of sp³-hybridized carbons (Fsp3) is 0. The SMILES string of the molecule is O=C(O)/C=C/c1ccn2c1cnc1ccccc12. The van der Waals surface area contributed by atoms with Gasteiger partial charge in [0.05, 0.1) is 22.7 Å². The van der Waals surface area contributed by atoms with E-state index in [1.54, 1.807) is 12.3 Å². The molecule has 4 heteroatoms. The van der Waals surface area contributed by atoms with Crippen LogP contribution in [0.2, 0.25) is 0 Å². The Hall–Kier alpha value is -2.62. The molecular formula is C14H10N2O2. The lowest BCUT2D eigenvalue weighted by Gasteiger charge is -2.01. The van der Waals surface area contributed by atoms with Gasteiger partial charge in [0.2, 0.25) is 0 Å². The molecule has 18 heavy (non-hydrogen) atoms. The number of nitrogens with zero attached hydrogens (tertiary/aromatic N) is 2. The number of fused-ring (bicyclic) bond motifs is 3. The van der Waals surface area contributed by atoms with E-state index >= 15 is 0 Å². The normalized spacial score (nSPS) is 11.6. The average molecular weight is 238 g/mol. The Morgan fingerprint density at radius 1 is 1.22 bits per heavy atom. The molecule has 0 amide bonds. The van der Waals surface area contributed by atoms with Crippen molar-refractivity contribution >= 4 is 28.6 Å². The van der Waals surface area contributed by atoms with E-state index in [4.69, 9.17) is 5.11 Å². The standard InChI is InChI=1S/C14H10N2O2/c17-14(18)6-5-10-7-8-16-12-4-2-1-3-11(12)15-9-13(10)16/h1-9H,(H,17,18)/b6-5+. The number of aliphatic carboxylic acids is 1. The zero-order valence-corrected chi connectivity index (χ0v) is 9.45. The monoisotopic (exact) mass is 238 g/mol. The summed E-state index contributed by atoms with van der Waals surface area (Å²) in [5.74, 6) is -0.955. The van der Waals surface area contributed by atoms with Crippen molar-refractivity contribution in [2.24, 2.45) is 0 Å². The van der Waals surface area contributed by atoms with E-state index in [2.05, 4.69) is 4.98 Å². The van der Waals surface area contributed by atoms with Crippen LogP contribution in [-0.4, -0.2) is 20.5 Å². The summed E-state index contributed by atoms with van der Waals surface area (Å²) in [4.78, 5) is 14.9. The van der Waals surface area contributed by atoms with E-state index in [0.29, 0.717) is 0 Å². The second kappa shape index (κ2) is 4.00. The molecule has 0 saturated heterocycles. The van der Waals surface area contributed by atoms with Crippen LogP contribution in [0.15, 0.2) is 48.8 Å². The predicted molar refractivity (Wildman–Crippen MR) is 69.4 cm³/mol. The summed E-state index contributed by atoms with van der Waals surface area (Å²) >= 11 is 0. The number of hydrogen-bond donors (Lipinski definition) is 1.